The largest absolute Gasteiger partial charge is 0.461 e. The maximum absolute atomic E-state index is 12.3. The van der Waals surface area contributed by atoms with Crippen LogP contribution in [0, 0.1) is 6.92 Å². The Balaban J connectivity index is 1.98. The van der Waals surface area contributed by atoms with E-state index in [1.165, 1.54) is 0 Å². The van der Waals surface area contributed by atoms with Gasteiger partial charge >= 0.3 is 12.1 Å². The first-order chi connectivity index (χ1) is 10.8. The van der Waals surface area contributed by atoms with Crippen molar-refractivity contribution in [1.29, 1.82) is 0 Å². The Morgan fingerprint density at radius 1 is 1.43 bits per heavy atom. The summed E-state index contributed by atoms with van der Waals surface area (Å²) in [7, 11) is 0. The van der Waals surface area contributed by atoms with Gasteiger partial charge in [0.05, 0.1) is 6.04 Å². The Labute approximate surface area is 142 Å². The minimum Gasteiger partial charge on any atom is -0.461 e. The Morgan fingerprint density at radius 2 is 2.17 bits per heavy atom. The van der Waals surface area contributed by atoms with E-state index >= 15 is 0 Å². The number of halogens is 1. The van der Waals surface area contributed by atoms with Gasteiger partial charge in [-0.1, -0.05) is 11.6 Å². The Morgan fingerprint density at radius 3 is 2.83 bits per heavy atom. The van der Waals surface area contributed by atoms with Gasteiger partial charge in [-0.05, 0) is 47.0 Å². The summed E-state index contributed by atoms with van der Waals surface area (Å²) in [5.74, 6) is 0. The highest BCUT2D eigenvalue weighted by Crippen LogP contribution is 2.21. The average molecular weight is 342 g/mol. The van der Waals surface area contributed by atoms with E-state index in [1.54, 1.807) is 11.1 Å². The van der Waals surface area contributed by atoms with Crippen molar-refractivity contribution in [3.05, 3.63) is 16.9 Å². The molecule has 0 N–H and O–H groups in total. The molecule has 7 heteroatoms. The van der Waals surface area contributed by atoms with Crippen molar-refractivity contribution >= 4 is 17.7 Å². The van der Waals surface area contributed by atoms with Gasteiger partial charge in [0.25, 0.3) is 0 Å². The number of piperidine rings is 1. The van der Waals surface area contributed by atoms with Crippen molar-refractivity contribution in [1.82, 2.24) is 14.9 Å². The number of aromatic nitrogens is 2. The summed E-state index contributed by atoms with van der Waals surface area (Å²) in [4.78, 5) is 22.3. The Hall–Kier alpha value is -1.56. The number of rotatable bonds is 3. The Kier molecular flexibility index (Phi) is 5.68. The third kappa shape index (κ3) is 5.23. The maximum Gasteiger partial charge on any atom is 0.410 e. The van der Waals surface area contributed by atoms with Gasteiger partial charge in [-0.2, -0.15) is 4.98 Å². The van der Waals surface area contributed by atoms with Crippen LogP contribution >= 0.6 is 11.6 Å². The molecule has 1 aliphatic heterocycles. The van der Waals surface area contributed by atoms with E-state index < -0.39 is 5.60 Å². The molecule has 128 valence electrons. The lowest BCUT2D eigenvalue weighted by atomic mass is 10.0. The minimum atomic E-state index is -0.506. The normalized spacial score (nSPS) is 18.7. The lowest BCUT2D eigenvalue weighted by Crippen LogP contribution is -2.48. The molecular formula is C16H24ClN3O3. The molecule has 2 rings (SSSR count). The molecule has 0 aliphatic carbocycles. The molecule has 23 heavy (non-hydrogen) atoms. The molecule has 0 aromatic carbocycles. The predicted molar refractivity (Wildman–Crippen MR) is 87.9 cm³/mol. The zero-order valence-corrected chi connectivity index (χ0v) is 14.9. The molecule has 1 amide bonds. The van der Waals surface area contributed by atoms with Gasteiger partial charge in [0, 0.05) is 18.3 Å². The second-order valence-electron chi connectivity index (χ2n) is 6.76. The number of amides is 1. The van der Waals surface area contributed by atoms with E-state index in [4.69, 9.17) is 21.1 Å². The van der Waals surface area contributed by atoms with Crippen LogP contribution in [0.15, 0.2) is 6.20 Å². The summed E-state index contributed by atoms with van der Waals surface area (Å²) in [6.45, 7) is 8.43. The number of ether oxygens (including phenoxy) is 2. The van der Waals surface area contributed by atoms with Crippen molar-refractivity contribution in [3.8, 4) is 6.01 Å². The standard InChI is InChI=1S/C16H24ClN3O3/c1-11-9-18-14(19-13(11)17)22-10-12-7-5-6-8-20(12)15(21)23-16(2,3)4/h9,12H,5-8,10H2,1-4H3/t12-/m0/s1. The molecule has 0 unspecified atom stereocenters. The quantitative estimate of drug-likeness (QED) is 0.786. The summed E-state index contributed by atoms with van der Waals surface area (Å²) in [5, 5.41) is 0.377. The maximum atomic E-state index is 12.3. The van der Waals surface area contributed by atoms with E-state index in [1.807, 2.05) is 27.7 Å². The number of nitrogens with zero attached hydrogens (tertiary/aromatic N) is 3. The smallest absolute Gasteiger partial charge is 0.410 e. The first kappa shape index (κ1) is 17.8. The molecule has 0 saturated carbocycles. The van der Waals surface area contributed by atoms with Gasteiger partial charge in [-0.25, -0.2) is 9.78 Å². The average Bonchev–Trinajstić information content (AvgIpc) is 2.47. The second-order valence-corrected chi connectivity index (χ2v) is 7.12. The first-order valence-electron chi connectivity index (χ1n) is 7.88. The van der Waals surface area contributed by atoms with Crippen molar-refractivity contribution in [3.63, 3.8) is 0 Å². The highest BCUT2D eigenvalue weighted by molar-refractivity contribution is 6.30. The summed E-state index contributed by atoms with van der Waals surface area (Å²) in [6, 6.07) is 0.192. The molecule has 1 aromatic rings. The van der Waals surface area contributed by atoms with E-state index in [0.717, 1.165) is 24.8 Å². The zero-order chi connectivity index (χ0) is 17.0. The SMILES string of the molecule is Cc1cnc(OC[C@@H]2CCCCN2C(=O)OC(C)(C)C)nc1Cl. The van der Waals surface area contributed by atoms with E-state index in [0.29, 0.717) is 18.3 Å². The van der Waals surface area contributed by atoms with Crippen LogP contribution in [-0.4, -0.2) is 45.8 Å². The van der Waals surface area contributed by atoms with Crippen LogP contribution in [0.25, 0.3) is 0 Å². The van der Waals surface area contributed by atoms with E-state index in [-0.39, 0.29) is 18.1 Å². The van der Waals surface area contributed by atoms with Crippen molar-refractivity contribution in [2.24, 2.45) is 0 Å². The van der Waals surface area contributed by atoms with Crippen molar-refractivity contribution in [2.75, 3.05) is 13.2 Å². The third-order valence-corrected chi connectivity index (χ3v) is 3.93. The fourth-order valence-corrected chi connectivity index (χ4v) is 2.50. The van der Waals surface area contributed by atoms with Crippen LogP contribution in [0.5, 0.6) is 6.01 Å². The minimum absolute atomic E-state index is 0.0396. The van der Waals surface area contributed by atoms with Crippen LogP contribution in [-0.2, 0) is 4.74 Å². The topological polar surface area (TPSA) is 64.5 Å². The van der Waals surface area contributed by atoms with E-state index in [2.05, 4.69) is 9.97 Å². The summed E-state index contributed by atoms with van der Waals surface area (Å²) >= 11 is 5.97. The molecular weight excluding hydrogens is 318 g/mol. The number of carbonyl (C=O) groups is 1. The molecule has 0 spiro atoms. The van der Waals surface area contributed by atoms with Crippen LogP contribution in [0.4, 0.5) is 4.79 Å². The zero-order valence-electron chi connectivity index (χ0n) is 14.1. The summed E-state index contributed by atoms with van der Waals surface area (Å²) in [5.41, 5.74) is 0.292. The summed E-state index contributed by atoms with van der Waals surface area (Å²) < 4.78 is 11.1. The van der Waals surface area contributed by atoms with Crippen LogP contribution in [0.2, 0.25) is 5.15 Å². The van der Waals surface area contributed by atoms with Crippen molar-refractivity contribution < 1.29 is 14.3 Å². The number of hydrogen-bond acceptors (Lipinski definition) is 5. The van der Waals surface area contributed by atoms with Gasteiger partial charge in [-0.15, -0.1) is 0 Å². The van der Waals surface area contributed by atoms with Gasteiger partial charge in [0.1, 0.15) is 17.4 Å². The van der Waals surface area contributed by atoms with Crippen LogP contribution < -0.4 is 4.74 Å². The van der Waals surface area contributed by atoms with Gasteiger partial charge < -0.3 is 14.4 Å². The highest BCUT2D eigenvalue weighted by atomic mass is 35.5. The van der Waals surface area contributed by atoms with Crippen LogP contribution in [0.1, 0.15) is 45.6 Å². The lowest BCUT2D eigenvalue weighted by Gasteiger charge is -2.36. The molecule has 6 nitrogen and oxygen atoms in total. The molecule has 0 radical (unpaired) electrons. The highest BCUT2D eigenvalue weighted by Gasteiger charge is 2.31. The fourth-order valence-electron chi connectivity index (χ4n) is 2.38. The summed E-state index contributed by atoms with van der Waals surface area (Å²) in [6.07, 6.45) is 4.23. The molecule has 2 heterocycles. The van der Waals surface area contributed by atoms with Gasteiger partial charge in [0.2, 0.25) is 0 Å². The second kappa shape index (κ2) is 7.34. The molecule has 1 aliphatic rings. The number of likely N-dealkylation sites (tertiary alicyclic amines) is 1. The van der Waals surface area contributed by atoms with E-state index in [9.17, 15) is 4.79 Å². The number of aryl methyl sites for hydroxylation is 1. The predicted octanol–water partition coefficient (Wildman–Crippen LogP) is 3.61. The monoisotopic (exact) mass is 341 g/mol. The van der Waals surface area contributed by atoms with Crippen LogP contribution in [0.3, 0.4) is 0 Å². The lowest BCUT2D eigenvalue weighted by molar-refractivity contribution is 0.00306. The van der Waals surface area contributed by atoms with Gasteiger partial charge in [-0.3, -0.25) is 0 Å². The molecule has 1 atom stereocenters. The number of carbonyl (C=O) groups excluding carboxylic acids is 1. The molecule has 1 fully saturated rings. The third-order valence-electron chi connectivity index (χ3n) is 3.55. The fraction of sp³-hybridized carbons (Fsp3) is 0.688. The Bertz CT molecular complexity index is 560. The van der Waals surface area contributed by atoms with Crippen molar-refractivity contribution in [2.45, 2.75) is 58.6 Å². The molecule has 1 saturated heterocycles. The molecule has 1 aromatic heterocycles. The molecule has 0 bridgehead atoms. The van der Waals surface area contributed by atoms with Gasteiger partial charge in [0.15, 0.2) is 0 Å². The first-order valence-corrected chi connectivity index (χ1v) is 8.25. The number of hydrogen-bond donors (Lipinski definition) is 0.